The monoisotopic (exact) mass is 323 g/mol. The number of carbonyl (C=O) groups is 1. The number of nitriles is 1. The van der Waals surface area contributed by atoms with Gasteiger partial charge in [-0.3, -0.25) is 4.72 Å². The Morgan fingerprint density at radius 3 is 2.57 bits per heavy atom. The number of nitrogen functional groups attached to an aromatic ring is 1. The lowest BCUT2D eigenvalue weighted by molar-refractivity contribution is 0.0697. The van der Waals surface area contributed by atoms with Crippen molar-refractivity contribution in [2.45, 2.75) is 4.21 Å². The lowest BCUT2D eigenvalue weighted by atomic mass is 10.2. The number of nitrogens with two attached hydrogens (primary N) is 1. The maximum absolute atomic E-state index is 12.1. The van der Waals surface area contributed by atoms with Crippen LogP contribution in [0.1, 0.15) is 15.2 Å². The zero-order valence-corrected chi connectivity index (χ0v) is 12.0. The van der Waals surface area contributed by atoms with Gasteiger partial charge in [-0.15, -0.1) is 11.3 Å². The third-order valence-electron chi connectivity index (χ3n) is 2.50. The van der Waals surface area contributed by atoms with E-state index in [0.717, 1.165) is 17.4 Å². The highest BCUT2D eigenvalue weighted by Crippen LogP contribution is 2.26. The average molecular weight is 323 g/mol. The van der Waals surface area contributed by atoms with Crippen LogP contribution in [0.25, 0.3) is 0 Å². The predicted molar refractivity (Wildman–Crippen MR) is 77.7 cm³/mol. The lowest BCUT2D eigenvalue weighted by Crippen LogP contribution is -2.13. The third-order valence-corrected chi connectivity index (χ3v) is 5.35. The first-order valence-electron chi connectivity index (χ1n) is 5.49. The molecule has 0 fully saturated rings. The molecule has 0 unspecified atom stereocenters. The molecule has 0 amide bonds. The fourth-order valence-corrected chi connectivity index (χ4v) is 3.70. The van der Waals surface area contributed by atoms with Crippen molar-refractivity contribution < 1.29 is 18.3 Å². The molecule has 1 aromatic heterocycles. The summed E-state index contributed by atoms with van der Waals surface area (Å²) < 4.78 is 26.5. The molecule has 21 heavy (non-hydrogen) atoms. The van der Waals surface area contributed by atoms with E-state index in [1.165, 1.54) is 24.3 Å². The number of thiophene rings is 1. The molecule has 1 aromatic carbocycles. The van der Waals surface area contributed by atoms with E-state index in [4.69, 9.17) is 16.1 Å². The Labute approximate surface area is 124 Å². The van der Waals surface area contributed by atoms with E-state index in [0.29, 0.717) is 0 Å². The Kier molecular flexibility index (Phi) is 3.84. The molecule has 0 spiro atoms. The SMILES string of the molecule is N#Cc1ccc(S(=O)(=O)Nc2ccc(C(=O)O)cc2N)s1. The maximum Gasteiger partial charge on any atom is 0.335 e. The van der Waals surface area contributed by atoms with Crippen LogP contribution in [0.4, 0.5) is 11.4 Å². The van der Waals surface area contributed by atoms with Crippen molar-refractivity contribution in [3.63, 3.8) is 0 Å². The molecule has 0 atom stereocenters. The number of anilines is 2. The number of benzene rings is 1. The highest BCUT2D eigenvalue weighted by Gasteiger charge is 2.18. The molecule has 0 aliphatic rings. The lowest BCUT2D eigenvalue weighted by Gasteiger charge is -2.09. The second kappa shape index (κ2) is 5.43. The molecule has 0 aliphatic heterocycles. The molecule has 0 saturated carbocycles. The topological polar surface area (TPSA) is 133 Å². The Bertz CT molecular complexity index is 850. The molecule has 4 N–H and O–H groups in total. The maximum atomic E-state index is 12.1. The zero-order chi connectivity index (χ0) is 15.6. The van der Waals surface area contributed by atoms with Crippen LogP contribution in [0.5, 0.6) is 0 Å². The molecular weight excluding hydrogens is 314 g/mol. The number of hydrogen-bond acceptors (Lipinski definition) is 6. The Morgan fingerprint density at radius 1 is 1.33 bits per heavy atom. The number of carboxylic acid groups (broad SMARTS) is 1. The number of carboxylic acids is 1. The number of hydrogen-bond donors (Lipinski definition) is 3. The summed E-state index contributed by atoms with van der Waals surface area (Å²) in [5, 5.41) is 17.5. The Hall–Kier alpha value is -2.57. The number of sulfonamides is 1. The van der Waals surface area contributed by atoms with E-state index in [-0.39, 0.29) is 26.0 Å². The standard InChI is InChI=1S/C12H9N3O4S2/c13-6-8-2-4-11(20-8)21(18,19)15-10-3-1-7(12(16)17)5-9(10)14/h1-5,15H,14H2,(H,16,17). The summed E-state index contributed by atoms with van der Waals surface area (Å²) >= 11 is 0.826. The van der Waals surface area contributed by atoms with Crippen molar-refractivity contribution in [2.24, 2.45) is 0 Å². The van der Waals surface area contributed by atoms with Crippen LogP contribution in [-0.4, -0.2) is 19.5 Å². The Balaban J connectivity index is 2.33. The molecule has 7 nitrogen and oxygen atoms in total. The van der Waals surface area contributed by atoms with Crippen molar-refractivity contribution in [1.29, 1.82) is 5.26 Å². The van der Waals surface area contributed by atoms with Gasteiger partial charge in [0.05, 0.1) is 16.9 Å². The van der Waals surface area contributed by atoms with Crippen molar-refractivity contribution >= 4 is 38.7 Å². The molecule has 0 aliphatic carbocycles. The highest BCUT2D eigenvalue weighted by atomic mass is 32.2. The van der Waals surface area contributed by atoms with Gasteiger partial charge < -0.3 is 10.8 Å². The summed E-state index contributed by atoms with van der Waals surface area (Å²) in [6, 6.07) is 8.24. The molecule has 2 rings (SSSR count). The van der Waals surface area contributed by atoms with Crippen molar-refractivity contribution in [2.75, 3.05) is 10.5 Å². The van der Waals surface area contributed by atoms with Crippen molar-refractivity contribution in [3.05, 3.63) is 40.8 Å². The molecule has 108 valence electrons. The van der Waals surface area contributed by atoms with Crippen molar-refractivity contribution in [1.82, 2.24) is 0 Å². The van der Waals surface area contributed by atoms with E-state index < -0.39 is 16.0 Å². The van der Waals surface area contributed by atoms with Gasteiger partial charge in [-0.2, -0.15) is 5.26 Å². The number of aromatic carboxylic acids is 1. The summed E-state index contributed by atoms with van der Waals surface area (Å²) in [7, 11) is -3.87. The van der Waals surface area contributed by atoms with Crippen molar-refractivity contribution in [3.8, 4) is 6.07 Å². The normalized spacial score (nSPS) is 10.8. The van der Waals surface area contributed by atoms with E-state index in [9.17, 15) is 13.2 Å². The second-order valence-corrected chi connectivity index (χ2v) is 6.94. The first-order valence-corrected chi connectivity index (χ1v) is 7.79. The van der Waals surface area contributed by atoms with Crippen LogP contribution in [0, 0.1) is 11.3 Å². The van der Waals surface area contributed by atoms with Gasteiger partial charge in [0, 0.05) is 0 Å². The van der Waals surface area contributed by atoms with Gasteiger partial charge >= 0.3 is 5.97 Å². The largest absolute Gasteiger partial charge is 0.478 e. The fraction of sp³-hybridized carbons (Fsp3) is 0. The van der Waals surface area contributed by atoms with Gasteiger partial charge in [-0.25, -0.2) is 13.2 Å². The van der Waals surface area contributed by atoms with Crippen LogP contribution >= 0.6 is 11.3 Å². The molecule has 0 radical (unpaired) electrons. The average Bonchev–Trinajstić information content (AvgIpc) is 2.90. The smallest absolute Gasteiger partial charge is 0.335 e. The van der Waals surface area contributed by atoms with Gasteiger partial charge in [-0.1, -0.05) is 0 Å². The van der Waals surface area contributed by atoms with Crippen LogP contribution in [0.15, 0.2) is 34.5 Å². The van der Waals surface area contributed by atoms with Crippen LogP contribution in [0.3, 0.4) is 0 Å². The third kappa shape index (κ3) is 3.13. The number of nitrogens with one attached hydrogen (secondary N) is 1. The van der Waals surface area contributed by atoms with Gasteiger partial charge in [0.15, 0.2) is 0 Å². The molecular formula is C12H9N3O4S2. The van der Waals surface area contributed by atoms with Crippen LogP contribution in [-0.2, 0) is 10.0 Å². The minimum Gasteiger partial charge on any atom is -0.478 e. The first kappa shape index (κ1) is 14.8. The summed E-state index contributed by atoms with van der Waals surface area (Å²) in [6.07, 6.45) is 0. The molecule has 0 saturated heterocycles. The van der Waals surface area contributed by atoms with E-state index in [1.807, 2.05) is 6.07 Å². The predicted octanol–water partition coefficient (Wildman–Crippen LogP) is 1.70. The van der Waals surface area contributed by atoms with Gasteiger partial charge in [-0.05, 0) is 30.3 Å². The van der Waals surface area contributed by atoms with Gasteiger partial charge in [0.1, 0.15) is 15.2 Å². The summed E-state index contributed by atoms with van der Waals surface area (Å²) in [6.45, 7) is 0. The van der Waals surface area contributed by atoms with Gasteiger partial charge in [0.25, 0.3) is 10.0 Å². The molecule has 0 bridgehead atoms. The van der Waals surface area contributed by atoms with Crippen LogP contribution < -0.4 is 10.5 Å². The highest BCUT2D eigenvalue weighted by molar-refractivity contribution is 7.94. The Morgan fingerprint density at radius 2 is 2.05 bits per heavy atom. The summed E-state index contributed by atoms with van der Waals surface area (Å²) in [5.74, 6) is -1.16. The van der Waals surface area contributed by atoms with Gasteiger partial charge in [0.2, 0.25) is 0 Å². The zero-order valence-electron chi connectivity index (χ0n) is 10.4. The molecule has 1 heterocycles. The van der Waals surface area contributed by atoms with E-state index in [2.05, 4.69) is 4.72 Å². The molecule has 9 heteroatoms. The second-order valence-electron chi connectivity index (χ2n) is 3.94. The van der Waals surface area contributed by atoms with E-state index in [1.54, 1.807) is 0 Å². The minimum atomic E-state index is -3.87. The van der Waals surface area contributed by atoms with Crippen LogP contribution in [0.2, 0.25) is 0 Å². The summed E-state index contributed by atoms with van der Waals surface area (Å²) in [4.78, 5) is 11.1. The fourth-order valence-electron chi connectivity index (χ4n) is 1.51. The summed E-state index contributed by atoms with van der Waals surface area (Å²) in [5.41, 5.74) is 5.67. The number of nitrogens with zero attached hydrogens (tertiary/aromatic N) is 1. The minimum absolute atomic E-state index is 0.00413. The first-order chi connectivity index (χ1) is 9.83. The quantitative estimate of drug-likeness (QED) is 0.733. The molecule has 2 aromatic rings. The number of rotatable bonds is 4. The van der Waals surface area contributed by atoms with E-state index >= 15 is 0 Å².